The van der Waals surface area contributed by atoms with E-state index in [1.807, 2.05) is 6.92 Å². The molecule has 2 saturated heterocycles. The normalized spacial score (nSPS) is 36.7. The van der Waals surface area contributed by atoms with Gasteiger partial charge in [-0.25, -0.2) is 0 Å². The van der Waals surface area contributed by atoms with Gasteiger partial charge < -0.3 is 9.47 Å². The third-order valence-electron chi connectivity index (χ3n) is 7.08. The standard InChI is InChI=1S/C21H33NO4/c1-15-12-21(19(23)25-15)13-18(26-20(21)24)14-22(16-8-4-2-5-9-16)17-10-6-3-7-11-17/h15-18H,2-14H2,1H3/t15-,18+,21+/m0/s1. The van der Waals surface area contributed by atoms with Crippen molar-refractivity contribution in [2.45, 2.75) is 108 Å². The van der Waals surface area contributed by atoms with E-state index in [2.05, 4.69) is 4.90 Å². The SMILES string of the molecule is C[C@H]1C[C@@]2(C[C@H](CN(C3CCCCC3)C3CCCCC3)OC2=O)C(=O)O1. The highest BCUT2D eigenvalue weighted by molar-refractivity contribution is 6.02. The lowest BCUT2D eigenvalue weighted by Gasteiger charge is -2.42. The monoisotopic (exact) mass is 363 g/mol. The fraction of sp³-hybridized carbons (Fsp3) is 0.905. The molecule has 0 radical (unpaired) electrons. The smallest absolute Gasteiger partial charge is 0.324 e. The molecule has 0 amide bonds. The average Bonchev–Trinajstić information content (AvgIpc) is 3.12. The first-order valence-corrected chi connectivity index (χ1v) is 10.8. The van der Waals surface area contributed by atoms with Crippen LogP contribution >= 0.6 is 0 Å². The molecule has 0 aromatic heterocycles. The van der Waals surface area contributed by atoms with Crippen molar-refractivity contribution in [1.82, 2.24) is 4.90 Å². The van der Waals surface area contributed by atoms with Crippen molar-refractivity contribution in [1.29, 1.82) is 0 Å². The van der Waals surface area contributed by atoms with Gasteiger partial charge in [0, 0.05) is 31.5 Å². The molecule has 146 valence electrons. The predicted molar refractivity (Wildman–Crippen MR) is 97.6 cm³/mol. The van der Waals surface area contributed by atoms with Gasteiger partial charge >= 0.3 is 11.9 Å². The number of hydrogen-bond acceptors (Lipinski definition) is 5. The molecular formula is C21H33NO4. The summed E-state index contributed by atoms with van der Waals surface area (Å²) in [4.78, 5) is 27.5. The number of carbonyl (C=O) groups is 2. The van der Waals surface area contributed by atoms with Gasteiger partial charge in [0.25, 0.3) is 0 Å². The van der Waals surface area contributed by atoms with Crippen molar-refractivity contribution < 1.29 is 19.1 Å². The molecule has 5 heteroatoms. The summed E-state index contributed by atoms with van der Waals surface area (Å²) in [6.45, 7) is 2.66. The summed E-state index contributed by atoms with van der Waals surface area (Å²) in [5.74, 6) is -0.705. The topological polar surface area (TPSA) is 55.8 Å². The molecule has 0 unspecified atom stereocenters. The number of esters is 2. The Balaban J connectivity index is 1.47. The fourth-order valence-corrected chi connectivity index (χ4v) is 5.78. The highest BCUT2D eigenvalue weighted by atomic mass is 16.6. The maximum atomic E-state index is 12.6. The van der Waals surface area contributed by atoms with E-state index in [1.54, 1.807) is 0 Å². The Hall–Kier alpha value is -1.10. The molecule has 1 spiro atoms. The minimum absolute atomic E-state index is 0.163. The highest BCUT2D eigenvalue weighted by Gasteiger charge is 2.60. The minimum Gasteiger partial charge on any atom is -0.462 e. The molecule has 0 N–H and O–H groups in total. The Morgan fingerprint density at radius 3 is 1.88 bits per heavy atom. The number of nitrogens with zero attached hydrogens (tertiary/aromatic N) is 1. The van der Waals surface area contributed by atoms with Crippen LogP contribution in [0.5, 0.6) is 0 Å². The molecule has 5 nitrogen and oxygen atoms in total. The highest BCUT2D eigenvalue weighted by Crippen LogP contribution is 2.45. The molecular weight excluding hydrogens is 330 g/mol. The van der Waals surface area contributed by atoms with E-state index in [-0.39, 0.29) is 24.1 Å². The summed E-state index contributed by atoms with van der Waals surface area (Å²) in [7, 11) is 0. The van der Waals surface area contributed by atoms with Crippen LogP contribution in [-0.4, -0.2) is 47.7 Å². The summed E-state index contributed by atoms with van der Waals surface area (Å²) < 4.78 is 11.1. The van der Waals surface area contributed by atoms with Crippen molar-refractivity contribution >= 4 is 11.9 Å². The Morgan fingerprint density at radius 1 is 0.846 bits per heavy atom. The average molecular weight is 363 g/mol. The van der Waals surface area contributed by atoms with Gasteiger partial charge in [0.2, 0.25) is 0 Å². The quantitative estimate of drug-likeness (QED) is 0.564. The van der Waals surface area contributed by atoms with E-state index in [0.717, 1.165) is 6.54 Å². The maximum Gasteiger partial charge on any atom is 0.324 e. The van der Waals surface area contributed by atoms with Crippen LogP contribution in [0.25, 0.3) is 0 Å². The molecule has 2 saturated carbocycles. The van der Waals surface area contributed by atoms with E-state index >= 15 is 0 Å². The van der Waals surface area contributed by atoms with Gasteiger partial charge in [0.15, 0.2) is 5.41 Å². The first-order valence-electron chi connectivity index (χ1n) is 10.8. The van der Waals surface area contributed by atoms with E-state index in [0.29, 0.717) is 24.9 Å². The fourth-order valence-electron chi connectivity index (χ4n) is 5.78. The van der Waals surface area contributed by atoms with Gasteiger partial charge in [-0.1, -0.05) is 38.5 Å². The molecule has 2 aliphatic carbocycles. The number of rotatable bonds is 4. The molecule has 0 aromatic rings. The van der Waals surface area contributed by atoms with Crippen LogP contribution in [0.4, 0.5) is 0 Å². The van der Waals surface area contributed by atoms with Crippen molar-refractivity contribution in [2.75, 3.05) is 6.54 Å². The van der Waals surface area contributed by atoms with Crippen LogP contribution in [0.15, 0.2) is 0 Å². The molecule has 4 rings (SSSR count). The van der Waals surface area contributed by atoms with Crippen molar-refractivity contribution in [3.05, 3.63) is 0 Å². The number of ether oxygens (including phenoxy) is 2. The number of carbonyl (C=O) groups excluding carboxylic acids is 2. The van der Waals surface area contributed by atoms with Crippen LogP contribution < -0.4 is 0 Å². The van der Waals surface area contributed by atoms with Crippen LogP contribution in [0.3, 0.4) is 0 Å². The third-order valence-corrected chi connectivity index (χ3v) is 7.08. The van der Waals surface area contributed by atoms with E-state index in [4.69, 9.17) is 9.47 Å². The summed E-state index contributed by atoms with van der Waals surface area (Å²) in [5, 5.41) is 0. The van der Waals surface area contributed by atoms with Crippen LogP contribution in [0.2, 0.25) is 0 Å². The van der Waals surface area contributed by atoms with Gasteiger partial charge in [-0.2, -0.15) is 0 Å². The molecule has 0 bridgehead atoms. The van der Waals surface area contributed by atoms with Crippen LogP contribution in [0.1, 0.15) is 84.0 Å². The van der Waals surface area contributed by atoms with E-state index in [9.17, 15) is 9.59 Å². The Bertz CT molecular complexity index is 520. The Kier molecular flexibility index (Phi) is 5.27. The third kappa shape index (κ3) is 3.39. The van der Waals surface area contributed by atoms with Gasteiger partial charge in [-0.15, -0.1) is 0 Å². The van der Waals surface area contributed by atoms with Gasteiger partial charge in [-0.3, -0.25) is 14.5 Å². The van der Waals surface area contributed by atoms with Gasteiger partial charge in [0.1, 0.15) is 12.2 Å². The lowest BCUT2D eigenvalue weighted by atomic mass is 9.81. The molecule has 26 heavy (non-hydrogen) atoms. The van der Waals surface area contributed by atoms with Crippen molar-refractivity contribution in [3.63, 3.8) is 0 Å². The predicted octanol–water partition coefficient (Wildman–Crippen LogP) is 3.59. The lowest BCUT2D eigenvalue weighted by Crippen LogP contribution is -2.48. The molecule has 4 aliphatic rings. The minimum atomic E-state index is -1.02. The summed E-state index contributed by atoms with van der Waals surface area (Å²) in [6.07, 6.45) is 13.6. The largest absolute Gasteiger partial charge is 0.462 e. The van der Waals surface area contributed by atoms with E-state index < -0.39 is 5.41 Å². The second kappa shape index (κ2) is 7.49. The molecule has 0 aromatic carbocycles. The first kappa shape index (κ1) is 18.3. The van der Waals surface area contributed by atoms with E-state index in [1.165, 1.54) is 64.2 Å². The lowest BCUT2D eigenvalue weighted by molar-refractivity contribution is -0.158. The van der Waals surface area contributed by atoms with Gasteiger partial charge in [0.05, 0.1) is 0 Å². The zero-order valence-electron chi connectivity index (χ0n) is 16.1. The van der Waals surface area contributed by atoms with Crippen LogP contribution in [-0.2, 0) is 19.1 Å². The Morgan fingerprint density at radius 2 is 1.38 bits per heavy atom. The zero-order chi connectivity index (χ0) is 18.1. The molecule has 4 fully saturated rings. The van der Waals surface area contributed by atoms with Gasteiger partial charge in [-0.05, 0) is 32.6 Å². The second-order valence-electron chi connectivity index (χ2n) is 9.01. The maximum absolute atomic E-state index is 12.6. The zero-order valence-corrected chi connectivity index (χ0v) is 16.1. The summed E-state index contributed by atoms with van der Waals surface area (Å²) in [6, 6.07) is 1.24. The van der Waals surface area contributed by atoms with Crippen molar-refractivity contribution in [2.24, 2.45) is 5.41 Å². The molecule has 2 heterocycles. The summed E-state index contributed by atoms with van der Waals surface area (Å²) >= 11 is 0. The Labute approximate surface area is 156 Å². The summed E-state index contributed by atoms with van der Waals surface area (Å²) in [5.41, 5.74) is -1.02. The van der Waals surface area contributed by atoms with Crippen LogP contribution in [0, 0.1) is 5.41 Å². The first-order chi connectivity index (χ1) is 12.6. The molecule has 3 atom stereocenters. The molecule has 2 aliphatic heterocycles. The van der Waals surface area contributed by atoms with Crippen molar-refractivity contribution in [3.8, 4) is 0 Å². The number of cyclic esters (lactones) is 2. The second-order valence-corrected chi connectivity index (χ2v) is 9.01. The number of hydrogen-bond donors (Lipinski definition) is 0.